The SMILES string of the molecule is C=C/C=C\C.NNC(=NC/C(F)=C/F)c1cc(C2=C[C@@H]3CNC[C@@H]3C2)cnc1N. The van der Waals surface area contributed by atoms with E-state index in [0.29, 0.717) is 17.4 Å². The summed E-state index contributed by atoms with van der Waals surface area (Å²) in [5.41, 5.74) is 10.9. The van der Waals surface area contributed by atoms with Crippen LogP contribution in [0.1, 0.15) is 24.5 Å². The van der Waals surface area contributed by atoms with Crippen LogP contribution in [0.2, 0.25) is 0 Å². The minimum atomic E-state index is -0.996. The fourth-order valence-electron chi connectivity index (χ4n) is 3.37. The Morgan fingerprint density at radius 1 is 1.48 bits per heavy atom. The Labute approximate surface area is 170 Å². The quantitative estimate of drug-likeness (QED) is 0.199. The maximum absolute atomic E-state index is 12.9. The molecule has 1 aliphatic heterocycles. The van der Waals surface area contributed by atoms with E-state index in [-0.39, 0.29) is 18.0 Å². The van der Waals surface area contributed by atoms with E-state index < -0.39 is 12.4 Å². The first-order chi connectivity index (χ1) is 14.0. The van der Waals surface area contributed by atoms with E-state index in [4.69, 9.17) is 11.6 Å². The van der Waals surface area contributed by atoms with Crippen molar-refractivity contribution in [2.45, 2.75) is 13.3 Å². The molecule has 0 radical (unpaired) electrons. The lowest BCUT2D eigenvalue weighted by Crippen LogP contribution is -2.32. The van der Waals surface area contributed by atoms with Crippen molar-refractivity contribution < 1.29 is 8.78 Å². The molecule has 1 aromatic heterocycles. The van der Waals surface area contributed by atoms with Crippen LogP contribution < -0.4 is 22.3 Å². The summed E-state index contributed by atoms with van der Waals surface area (Å²) in [5, 5.41) is 3.38. The zero-order valence-electron chi connectivity index (χ0n) is 16.5. The molecule has 1 aromatic rings. The van der Waals surface area contributed by atoms with Crippen LogP contribution in [0.4, 0.5) is 14.6 Å². The second kappa shape index (κ2) is 11.2. The largest absolute Gasteiger partial charge is 0.383 e. The zero-order valence-corrected chi connectivity index (χ0v) is 16.5. The first-order valence-electron chi connectivity index (χ1n) is 9.41. The number of rotatable bonds is 5. The number of allylic oxidation sites excluding steroid dienone is 4. The van der Waals surface area contributed by atoms with Gasteiger partial charge in [-0.15, -0.1) is 0 Å². The highest BCUT2D eigenvalue weighted by molar-refractivity contribution is 6.02. The molecule has 2 atom stereocenters. The summed E-state index contributed by atoms with van der Waals surface area (Å²) in [6.07, 6.45) is 10.4. The first kappa shape index (κ1) is 22.4. The lowest BCUT2D eigenvalue weighted by atomic mass is 9.98. The van der Waals surface area contributed by atoms with Crippen molar-refractivity contribution in [3.63, 3.8) is 0 Å². The Kier molecular flexibility index (Phi) is 8.69. The van der Waals surface area contributed by atoms with Crippen LogP contribution in [0.25, 0.3) is 5.57 Å². The number of hydrogen-bond donors (Lipinski definition) is 4. The van der Waals surface area contributed by atoms with Crippen molar-refractivity contribution in [2.24, 2.45) is 22.7 Å². The van der Waals surface area contributed by atoms with Gasteiger partial charge in [0.1, 0.15) is 23.8 Å². The molecule has 0 bridgehead atoms. The van der Waals surface area contributed by atoms with Gasteiger partial charge in [-0.3, -0.25) is 4.99 Å². The van der Waals surface area contributed by atoms with Crippen LogP contribution in [0, 0.1) is 11.8 Å². The predicted octanol–water partition coefficient (Wildman–Crippen LogP) is 3.03. The number of nitrogens with two attached hydrogens (primary N) is 2. The fraction of sp³-hybridized carbons (Fsp3) is 0.333. The molecule has 6 N–H and O–H groups in total. The van der Waals surface area contributed by atoms with Gasteiger partial charge < -0.3 is 16.5 Å². The Hall–Kier alpha value is -2.84. The highest BCUT2D eigenvalue weighted by atomic mass is 19.2. The van der Waals surface area contributed by atoms with E-state index >= 15 is 0 Å². The number of nitrogen functional groups attached to an aromatic ring is 1. The third-order valence-electron chi connectivity index (χ3n) is 4.81. The van der Waals surface area contributed by atoms with Crippen molar-refractivity contribution in [2.75, 3.05) is 25.4 Å². The number of fused-ring (bicyclic) bond motifs is 1. The lowest BCUT2D eigenvalue weighted by Gasteiger charge is -2.12. The lowest BCUT2D eigenvalue weighted by molar-refractivity contribution is 0.536. The number of halogens is 2. The van der Waals surface area contributed by atoms with Crippen LogP contribution in [0.15, 0.2) is 60.3 Å². The number of nitrogens with zero attached hydrogens (tertiary/aromatic N) is 2. The van der Waals surface area contributed by atoms with Gasteiger partial charge in [0.25, 0.3) is 0 Å². The normalized spacial score (nSPS) is 21.4. The van der Waals surface area contributed by atoms with Crippen molar-refractivity contribution >= 4 is 17.2 Å². The maximum Gasteiger partial charge on any atom is 0.149 e. The summed E-state index contributed by atoms with van der Waals surface area (Å²) >= 11 is 0. The van der Waals surface area contributed by atoms with E-state index in [1.54, 1.807) is 12.3 Å². The minimum absolute atomic E-state index is 0.133. The topological polar surface area (TPSA) is 101 Å². The Bertz CT molecular complexity index is 828. The molecule has 0 unspecified atom stereocenters. The predicted molar refractivity (Wildman–Crippen MR) is 115 cm³/mol. The molecule has 1 saturated heterocycles. The minimum Gasteiger partial charge on any atom is -0.383 e. The zero-order chi connectivity index (χ0) is 21.2. The summed E-state index contributed by atoms with van der Waals surface area (Å²) in [5.74, 6) is 6.01. The Morgan fingerprint density at radius 3 is 2.86 bits per heavy atom. The van der Waals surface area contributed by atoms with Crippen LogP contribution in [-0.2, 0) is 0 Å². The smallest absolute Gasteiger partial charge is 0.149 e. The molecule has 0 spiro atoms. The van der Waals surface area contributed by atoms with Gasteiger partial charge in [0, 0.05) is 12.7 Å². The van der Waals surface area contributed by atoms with E-state index in [1.165, 1.54) is 5.57 Å². The van der Waals surface area contributed by atoms with Gasteiger partial charge in [0.05, 0.1) is 12.1 Å². The molecule has 6 nitrogen and oxygen atoms in total. The second-order valence-corrected chi connectivity index (χ2v) is 6.76. The molecular weight excluding hydrogens is 374 g/mol. The monoisotopic (exact) mass is 402 g/mol. The van der Waals surface area contributed by atoms with Crippen LogP contribution in [-0.4, -0.2) is 30.5 Å². The van der Waals surface area contributed by atoms with Gasteiger partial charge in [0.2, 0.25) is 0 Å². The van der Waals surface area contributed by atoms with Crippen molar-refractivity contribution in [3.05, 3.63) is 66.4 Å². The Morgan fingerprint density at radius 2 is 2.28 bits per heavy atom. The third-order valence-corrected chi connectivity index (χ3v) is 4.81. The standard InChI is InChI=1S/C16H20F2N6.C5H8/c17-4-13(18)8-23-16(24-20)14-3-12(7-22-15(14)19)9-1-10-5-21-6-11(10)2-9;1-3-5-4-2/h1,3-4,7,10-11,21H,2,5-6,8,20H2,(H2,19,22)(H,23,24);3-5H,1H2,2H3/b13-4-;5-4-/t10-,11+;/m1./s1. The number of nitrogens with one attached hydrogen (secondary N) is 2. The summed E-state index contributed by atoms with van der Waals surface area (Å²) in [4.78, 5) is 8.11. The number of hydrogen-bond acceptors (Lipinski definition) is 5. The summed E-state index contributed by atoms with van der Waals surface area (Å²) < 4.78 is 25.0. The number of aromatic nitrogens is 1. The van der Waals surface area contributed by atoms with E-state index in [2.05, 4.69) is 33.4 Å². The van der Waals surface area contributed by atoms with Crippen molar-refractivity contribution in [3.8, 4) is 0 Å². The molecule has 8 heteroatoms. The summed E-state index contributed by atoms with van der Waals surface area (Å²) in [6, 6.07) is 1.83. The fourth-order valence-corrected chi connectivity index (χ4v) is 3.37. The molecular formula is C21H28F2N6. The molecule has 0 amide bonds. The molecule has 2 aliphatic rings. The van der Waals surface area contributed by atoms with Crippen LogP contribution in [0.5, 0.6) is 0 Å². The first-order valence-corrected chi connectivity index (χ1v) is 9.41. The van der Waals surface area contributed by atoms with E-state index in [0.717, 1.165) is 25.1 Å². The van der Waals surface area contributed by atoms with Crippen molar-refractivity contribution in [1.29, 1.82) is 0 Å². The average Bonchev–Trinajstić information content (AvgIpc) is 3.33. The number of aliphatic imine (C=N–C) groups is 1. The van der Waals surface area contributed by atoms with Gasteiger partial charge in [-0.1, -0.05) is 30.9 Å². The average molecular weight is 402 g/mol. The molecule has 1 fully saturated rings. The summed E-state index contributed by atoms with van der Waals surface area (Å²) in [6.45, 7) is 6.98. The van der Waals surface area contributed by atoms with Crippen LogP contribution >= 0.6 is 0 Å². The number of hydrazine groups is 1. The molecule has 3 rings (SSSR count). The highest BCUT2D eigenvalue weighted by Crippen LogP contribution is 2.38. The molecule has 0 aromatic carbocycles. The van der Waals surface area contributed by atoms with Crippen LogP contribution in [0.3, 0.4) is 0 Å². The molecule has 2 heterocycles. The van der Waals surface area contributed by atoms with Gasteiger partial charge in [0.15, 0.2) is 0 Å². The van der Waals surface area contributed by atoms with Gasteiger partial charge in [-0.2, -0.15) is 0 Å². The molecule has 29 heavy (non-hydrogen) atoms. The van der Waals surface area contributed by atoms with Gasteiger partial charge in [-0.05, 0) is 48.9 Å². The third kappa shape index (κ3) is 6.07. The number of amidine groups is 1. The number of pyridine rings is 1. The Balaban J connectivity index is 0.000000537. The van der Waals surface area contributed by atoms with Gasteiger partial charge in [-0.25, -0.2) is 19.6 Å². The number of anilines is 1. The van der Waals surface area contributed by atoms with E-state index in [9.17, 15) is 8.78 Å². The maximum atomic E-state index is 12.9. The van der Waals surface area contributed by atoms with Crippen molar-refractivity contribution in [1.82, 2.24) is 15.7 Å². The van der Waals surface area contributed by atoms with Gasteiger partial charge >= 0.3 is 0 Å². The highest BCUT2D eigenvalue weighted by Gasteiger charge is 2.32. The molecule has 0 saturated carbocycles. The molecule has 1 aliphatic carbocycles. The summed E-state index contributed by atoms with van der Waals surface area (Å²) in [7, 11) is 0. The second-order valence-electron chi connectivity index (χ2n) is 6.76. The van der Waals surface area contributed by atoms with E-state index in [1.807, 2.05) is 25.1 Å². The molecule has 156 valence electrons.